The minimum atomic E-state index is -0.154. The second kappa shape index (κ2) is 7.58. The fraction of sp³-hybridized carbons (Fsp3) is 0.348. The molecule has 3 aromatic rings. The standard InChI is InChI=1S/C23H27N3O2/c1-23(2,3)17-12-10-16(11-13-17)15-25(4)21(27)14-20-18-8-6-7-9-19(18)22(28)26(5)24-20/h6-13H,14-15H2,1-5H3. The summed E-state index contributed by atoms with van der Waals surface area (Å²) in [6.45, 7) is 7.08. The van der Waals surface area contributed by atoms with Crippen LogP contribution in [0.15, 0.2) is 53.3 Å². The molecular formula is C23H27N3O2. The summed E-state index contributed by atoms with van der Waals surface area (Å²) in [5.74, 6) is -0.0313. The Kier molecular flexibility index (Phi) is 5.36. The fourth-order valence-corrected chi connectivity index (χ4v) is 3.26. The maximum absolute atomic E-state index is 12.8. The molecule has 0 aliphatic heterocycles. The molecule has 0 aliphatic carbocycles. The van der Waals surface area contributed by atoms with E-state index in [0.717, 1.165) is 10.9 Å². The second-order valence-corrected chi connectivity index (χ2v) is 8.29. The number of aryl methyl sites for hydroxylation is 1. The van der Waals surface area contributed by atoms with Gasteiger partial charge in [-0.05, 0) is 22.6 Å². The van der Waals surface area contributed by atoms with Crippen LogP contribution in [0, 0.1) is 0 Å². The van der Waals surface area contributed by atoms with Crippen LogP contribution in [0.4, 0.5) is 0 Å². The molecule has 0 saturated carbocycles. The number of hydrogen-bond acceptors (Lipinski definition) is 3. The van der Waals surface area contributed by atoms with Crippen LogP contribution in [0.5, 0.6) is 0 Å². The van der Waals surface area contributed by atoms with E-state index in [0.29, 0.717) is 17.6 Å². The number of rotatable bonds is 4. The molecule has 146 valence electrons. The number of carbonyl (C=O) groups excluding carboxylic acids is 1. The van der Waals surface area contributed by atoms with E-state index in [-0.39, 0.29) is 23.3 Å². The van der Waals surface area contributed by atoms with Gasteiger partial charge in [-0.15, -0.1) is 0 Å². The van der Waals surface area contributed by atoms with Gasteiger partial charge in [0.25, 0.3) is 5.56 Å². The smallest absolute Gasteiger partial charge is 0.274 e. The van der Waals surface area contributed by atoms with Crippen molar-refractivity contribution in [2.75, 3.05) is 7.05 Å². The van der Waals surface area contributed by atoms with Crippen LogP contribution in [0.25, 0.3) is 10.8 Å². The van der Waals surface area contributed by atoms with Gasteiger partial charge in [0.05, 0.1) is 17.5 Å². The summed E-state index contributed by atoms with van der Waals surface area (Å²) in [7, 11) is 3.41. The Hall–Kier alpha value is -2.95. The van der Waals surface area contributed by atoms with Gasteiger partial charge in [0.15, 0.2) is 0 Å². The van der Waals surface area contributed by atoms with Crippen LogP contribution >= 0.6 is 0 Å². The van der Waals surface area contributed by atoms with Crippen LogP contribution in [0.2, 0.25) is 0 Å². The van der Waals surface area contributed by atoms with Gasteiger partial charge < -0.3 is 4.90 Å². The van der Waals surface area contributed by atoms with E-state index in [1.807, 2.05) is 18.2 Å². The van der Waals surface area contributed by atoms with Crippen molar-refractivity contribution in [3.05, 3.63) is 75.7 Å². The first-order chi connectivity index (χ1) is 13.2. The van der Waals surface area contributed by atoms with Crippen LogP contribution in [-0.4, -0.2) is 27.6 Å². The molecular weight excluding hydrogens is 350 g/mol. The molecule has 3 rings (SSSR count). The van der Waals surface area contributed by atoms with E-state index in [2.05, 4.69) is 50.1 Å². The van der Waals surface area contributed by atoms with Crippen molar-refractivity contribution < 1.29 is 4.79 Å². The average molecular weight is 377 g/mol. The number of amides is 1. The minimum absolute atomic E-state index is 0.0313. The van der Waals surface area contributed by atoms with Crippen LogP contribution < -0.4 is 5.56 Å². The predicted octanol–water partition coefficient (Wildman–Crippen LogP) is 3.43. The van der Waals surface area contributed by atoms with Gasteiger partial charge in [-0.1, -0.05) is 63.2 Å². The highest BCUT2D eigenvalue weighted by Gasteiger charge is 2.17. The van der Waals surface area contributed by atoms with Crippen molar-refractivity contribution in [2.45, 2.75) is 39.2 Å². The molecule has 0 unspecified atom stereocenters. The van der Waals surface area contributed by atoms with Gasteiger partial charge >= 0.3 is 0 Å². The highest BCUT2D eigenvalue weighted by Crippen LogP contribution is 2.22. The third kappa shape index (κ3) is 4.14. The number of aromatic nitrogens is 2. The highest BCUT2D eigenvalue weighted by atomic mass is 16.2. The molecule has 28 heavy (non-hydrogen) atoms. The average Bonchev–Trinajstić information content (AvgIpc) is 2.65. The van der Waals surface area contributed by atoms with Gasteiger partial charge in [0.1, 0.15) is 0 Å². The zero-order chi connectivity index (χ0) is 20.5. The molecule has 0 saturated heterocycles. The van der Waals surface area contributed by atoms with E-state index in [1.165, 1.54) is 10.2 Å². The summed E-state index contributed by atoms with van der Waals surface area (Å²) < 4.78 is 1.30. The molecule has 0 N–H and O–H groups in total. The van der Waals surface area contributed by atoms with E-state index in [4.69, 9.17) is 0 Å². The lowest BCUT2D eigenvalue weighted by Gasteiger charge is -2.21. The van der Waals surface area contributed by atoms with E-state index in [1.54, 1.807) is 25.1 Å². The van der Waals surface area contributed by atoms with Gasteiger partial charge in [-0.25, -0.2) is 4.68 Å². The lowest BCUT2D eigenvalue weighted by Crippen LogP contribution is -2.29. The number of nitrogens with zero attached hydrogens (tertiary/aromatic N) is 3. The number of fused-ring (bicyclic) bond motifs is 1. The fourth-order valence-electron chi connectivity index (χ4n) is 3.26. The largest absolute Gasteiger partial charge is 0.341 e. The zero-order valence-corrected chi connectivity index (χ0v) is 17.2. The van der Waals surface area contributed by atoms with Crippen molar-refractivity contribution in [3.63, 3.8) is 0 Å². The van der Waals surface area contributed by atoms with Crippen molar-refractivity contribution in [1.29, 1.82) is 0 Å². The molecule has 0 fully saturated rings. The SMILES string of the molecule is CN(Cc1ccc(C(C)(C)C)cc1)C(=O)Cc1nn(C)c(=O)c2ccccc12. The topological polar surface area (TPSA) is 55.2 Å². The molecule has 0 bridgehead atoms. The maximum atomic E-state index is 12.8. The number of carbonyl (C=O) groups is 1. The Bertz CT molecular complexity index is 1060. The van der Waals surface area contributed by atoms with Gasteiger partial charge in [-0.3, -0.25) is 9.59 Å². The van der Waals surface area contributed by atoms with Crippen molar-refractivity contribution in [3.8, 4) is 0 Å². The molecule has 0 spiro atoms. The van der Waals surface area contributed by atoms with Crippen molar-refractivity contribution in [1.82, 2.24) is 14.7 Å². The molecule has 1 heterocycles. The van der Waals surface area contributed by atoms with Gasteiger partial charge in [0, 0.05) is 26.0 Å². The summed E-state index contributed by atoms with van der Waals surface area (Å²) >= 11 is 0. The Morgan fingerprint density at radius 3 is 2.25 bits per heavy atom. The van der Waals surface area contributed by atoms with E-state index < -0.39 is 0 Å². The maximum Gasteiger partial charge on any atom is 0.274 e. The summed E-state index contributed by atoms with van der Waals surface area (Å²) in [6.07, 6.45) is 0.158. The molecule has 0 atom stereocenters. The predicted molar refractivity (Wildman–Crippen MR) is 112 cm³/mol. The Morgan fingerprint density at radius 1 is 1.04 bits per heavy atom. The van der Waals surface area contributed by atoms with Crippen molar-refractivity contribution >= 4 is 16.7 Å². The number of likely N-dealkylation sites (N-methyl/N-ethyl adjacent to an activating group) is 1. The number of benzene rings is 2. The number of hydrogen-bond donors (Lipinski definition) is 0. The molecule has 2 aromatic carbocycles. The Morgan fingerprint density at radius 2 is 1.64 bits per heavy atom. The quantitative estimate of drug-likeness (QED) is 0.700. The molecule has 5 heteroatoms. The highest BCUT2D eigenvalue weighted by molar-refractivity contribution is 5.88. The summed E-state index contributed by atoms with van der Waals surface area (Å²) in [4.78, 5) is 26.7. The molecule has 1 aromatic heterocycles. The molecule has 0 aliphatic rings. The van der Waals surface area contributed by atoms with Crippen LogP contribution in [0.1, 0.15) is 37.6 Å². The first kappa shape index (κ1) is 19.8. The first-order valence-electron chi connectivity index (χ1n) is 9.45. The van der Waals surface area contributed by atoms with Gasteiger partial charge in [-0.2, -0.15) is 5.10 Å². The van der Waals surface area contributed by atoms with E-state index in [9.17, 15) is 9.59 Å². The zero-order valence-electron chi connectivity index (χ0n) is 17.2. The normalized spacial score (nSPS) is 11.6. The second-order valence-electron chi connectivity index (χ2n) is 8.29. The first-order valence-corrected chi connectivity index (χ1v) is 9.45. The molecule has 1 amide bonds. The lowest BCUT2D eigenvalue weighted by molar-refractivity contribution is -0.129. The minimum Gasteiger partial charge on any atom is -0.341 e. The van der Waals surface area contributed by atoms with E-state index >= 15 is 0 Å². The monoisotopic (exact) mass is 377 g/mol. The third-order valence-corrected chi connectivity index (χ3v) is 5.02. The summed E-state index contributed by atoms with van der Waals surface area (Å²) in [5.41, 5.74) is 2.93. The van der Waals surface area contributed by atoms with Crippen LogP contribution in [0.3, 0.4) is 0 Å². The van der Waals surface area contributed by atoms with Crippen LogP contribution in [-0.2, 0) is 30.2 Å². The molecule has 5 nitrogen and oxygen atoms in total. The Labute approximate surface area is 165 Å². The Balaban J connectivity index is 1.77. The van der Waals surface area contributed by atoms with Gasteiger partial charge in [0.2, 0.25) is 5.91 Å². The summed E-state index contributed by atoms with van der Waals surface area (Å²) in [5, 5.41) is 5.65. The molecule has 0 radical (unpaired) electrons. The lowest BCUT2D eigenvalue weighted by atomic mass is 9.87. The van der Waals surface area contributed by atoms with Crippen molar-refractivity contribution in [2.24, 2.45) is 7.05 Å². The third-order valence-electron chi connectivity index (χ3n) is 5.02. The summed E-state index contributed by atoms with van der Waals surface area (Å²) in [6, 6.07) is 15.7.